The van der Waals surface area contributed by atoms with E-state index < -0.39 is 0 Å². The van der Waals surface area contributed by atoms with Gasteiger partial charge in [0.2, 0.25) is 5.95 Å². The molecule has 3 heterocycles. The Hall–Kier alpha value is -4.63. The summed E-state index contributed by atoms with van der Waals surface area (Å²) in [7, 11) is 0. The first-order chi connectivity index (χ1) is 20.0. The van der Waals surface area contributed by atoms with Gasteiger partial charge >= 0.3 is 6.03 Å². The SMILES string of the molecule is Cc1ccc(NC(=O)N2CCN(c3nc(NCc4ccccc4Cl)c4ncn(Cc5ccccc5)c4n3)CC2)cc1. The molecule has 1 aliphatic heterocycles. The number of hydrogen-bond donors (Lipinski definition) is 2. The van der Waals surface area contributed by atoms with Crippen molar-refractivity contribution < 1.29 is 4.79 Å². The van der Waals surface area contributed by atoms with Gasteiger partial charge in [0.15, 0.2) is 17.0 Å². The van der Waals surface area contributed by atoms with Gasteiger partial charge in [0, 0.05) is 43.4 Å². The number of fused-ring (bicyclic) bond motifs is 1. The molecule has 2 amide bonds. The van der Waals surface area contributed by atoms with Gasteiger partial charge in [-0.1, -0.05) is 77.8 Å². The van der Waals surface area contributed by atoms with Crippen molar-refractivity contribution in [3.05, 3.63) is 107 Å². The number of carbonyl (C=O) groups is 1. The van der Waals surface area contributed by atoms with E-state index in [2.05, 4.69) is 32.7 Å². The van der Waals surface area contributed by atoms with Crippen LogP contribution in [0.3, 0.4) is 0 Å². The van der Waals surface area contributed by atoms with E-state index in [0.29, 0.717) is 61.6 Å². The number of aromatic nitrogens is 4. The number of imidazole rings is 1. The Labute approximate surface area is 243 Å². The number of nitrogens with one attached hydrogen (secondary N) is 2. The maximum atomic E-state index is 12.9. The van der Waals surface area contributed by atoms with Crippen molar-refractivity contribution in [1.29, 1.82) is 0 Å². The molecule has 0 atom stereocenters. The summed E-state index contributed by atoms with van der Waals surface area (Å²) in [5.41, 5.74) is 5.52. The van der Waals surface area contributed by atoms with E-state index in [9.17, 15) is 4.79 Å². The Kier molecular flexibility index (Phi) is 7.69. The number of aryl methyl sites for hydroxylation is 1. The van der Waals surface area contributed by atoms with Gasteiger partial charge in [0.25, 0.3) is 0 Å². The largest absolute Gasteiger partial charge is 0.364 e. The first kappa shape index (κ1) is 26.6. The zero-order chi connectivity index (χ0) is 28.2. The van der Waals surface area contributed by atoms with Crippen LogP contribution in [0.2, 0.25) is 5.02 Å². The van der Waals surface area contributed by atoms with Crippen LogP contribution in [0.25, 0.3) is 11.2 Å². The smallest absolute Gasteiger partial charge is 0.321 e. The number of amides is 2. The van der Waals surface area contributed by atoms with Gasteiger partial charge in [-0.2, -0.15) is 9.97 Å². The quantitative estimate of drug-likeness (QED) is 0.259. The second kappa shape index (κ2) is 11.9. The van der Waals surface area contributed by atoms with Gasteiger partial charge < -0.3 is 25.0 Å². The summed E-state index contributed by atoms with van der Waals surface area (Å²) in [5, 5.41) is 7.14. The van der Waals surface area contributed by atoms with Gasteiger partial charge in [-0.15, -0.1) is 0 Å². The minimum Gasteiger partial charge on any atom is -0.364 e. The minimum atomic E-state index is -0.104. The maximum absolute atomic E-state index is 12.9. The molecule has 41 heavy (non-hydrogen) atoms. The van der Waals surface area contributed by atoms with Crippen LogP contribution in [0.15, 0.2) is 85.2 Å². The molecule has 208 valence electrons. The summed E-state index contributed by atoms with van der Waals surface area (Å²) in [6.45, 7) is 5.52. The Balaban J connectivity index is 1.23. The number of halogens is 1. The minimum absolute atomic E-state index is 0.104. The van der Waals surface area contributed by atoms with Crippen molar-refractivity contribution in [2.24, 2.45) is 0 Å². The van der Waals surface area contributed by atoms with Gasteiger partial charge in [-0.3, -0.25) is 0 Å². The highest BCUT2D eigenvalue weighted by Gasteiger charge is 2.25. The lowest BCUT2D eigenvalue weighted by atomic mass is 10.2. The monoisotopic (exact) mass is 566 g/mol. The fourth-order valence-corrected chi connectivity index (χ4v) is 5.07. The van der Waals surface area contributed by atoms with Gasteiger partial charge in [0.05, 0.1) is 12.9 Å². The molecule has 1 saturated heterocycles. The third-order valence-corrected chi connectivity index (χ3v) is 7.57. The summed E-state index contributed by atoms with van der Waals surface area (Å²) in [4.78, 5) is 31.4. The van der Waals surface area contributed by atoms with E-state index in [1.807, 2.05) is 89.4 Å². The number of benzene rings is 3. The molecule has 0 bridgehead atoms. The third-order valence-electron chi connectivity index (χ3n) is 7.20. The molecule has 9 nitrogen and oxygen atoms in total. The van der Waals surface area contributed by atoms with Gasteiger partial charge in [-0.05, 0) is 36.2 Å². The lowest BCUT2D eigenvalue weighted by molar-refractivity contribution is 0.208. The molecule has 10 heteroatoms. The highest BCUT2D eigenvalue weighted by atomic mass is 35.5. The molecular formula is C31H31ClN8O. The van der Waals surface area contributed by atoms with E-state index in [4.69, 9.17) is 21.6 Å². The summed E-state index contributed by atoms with van der Waals surface area (Å²) in [6.07, 6.45) is 1.81. The molecule has 1 aliphatic rings. The fraction of sp³-hybridized carbons (Fsp3) is 0.226. The number of rotatable bonds is 7. The van der Waals surface area contributed by atoms with E-state index in [1.54, 1.807) is 0 Å². The normalized spacial score (nSPS) is 13.4. The van der Waals surface area contributed by atoms with E-state index in [1.165, 1.54) is 0 Å². The van der Waals surface area contributed by atoms with Crippen LogP contribution in [0.5, 0.6) is 0 Å². The Bertz CT molecular complexity index is 1650. The van der Waals surface area contributed by atoms with Crippen LogP contribution in [-0.2, 0) is 13.1 Å². The molecule has 0 unspecified atom stereocenters. The third kappa shape index (κ3) is 6.10. The van der Waals surface area contributed by atoms with Gasteiger partial charge in [0.1, 0.15) is 0 Å². The zero-order valence-corrected chi connectivity index (χ0v) is 23.6. The number of hydrogen-bond acceptors (Lipinski definition) is 6. The van der Waals surface area contributed by atoms with Crippen molar-refractivity contribution in [1.82, 2.24) is 24.4 Å². The Morgan fingerprint density at radius 2 is 1.63 bits per heavy atom. The van der Waals surface area contributed by atoms with E-state index >= 15 is 0 Å². The predicted molar refractivity (Wildman–Crippen MR) is 164 cm³/mol. The summed E-state index contributed by atoms with van der Waals surface area (Å²) >= 11 is 6.42. The Morgan fingerprint density at radius 3 is 2.39 bits per heavy atom. The molecule has 1 fully saturated rings. The molecule has 0 aliphatic carbocycles. The predicted octanol–water partition coefficient (Wildman–Crippen LogP) is 5.80. The Morgan fingerprint density at radius 1 is 0.902 bits per heavy atom. The molecule has 0 radical (unpaired) electrons. The van der Waals surface area contributed by atoms with Crippen LogP contribution >= 0.6 is 11.6 Å². The van der Waals surface area contributed by atoms with Crippen molar-refractivity contribution in [2.75, 3.05) is 41.7 Å². The van der Waals surface area contributed by atoms with Crippen LogP contribution in [0.1, 0.15) is 16.7 Å². The summed E-state index contributed by atoms with van der Waals surface area (Å²) in [5.74, 6) is 1.25. The first-order valence-electron chi connectivity index (χ1n) is 13.6. The summed E-state index contributed by atoms with van der Waals surface area (Å²) < 4.78 is 2.04. The number of anilines is 3. The van der Waals surface area contributed by atoms with Gasteiger partial charge in [-0.25, -0.2) is 9.78 Å². The molecule has 0 saturated carbocycles. The lowest BCUT2D eigenvalue weighted by Crippen LogP contribution is -2.50. The molecular weight excluding hydrogens is 536 g/mol. The number of piperazine rings is 1. The summed E-state index contributed by atoms with van der Waals surface area (Å²) in [6, 6.07) is 25.7. The average molecular weight is 567 g/mol. The first-order valence-corrected chi connectivity index (χ1v) is 14.0. The van der Waals surface area contributed by atoms with Crippen molar-refractivity contribution in [3.63, 3.8) is 0 Å². The van der Waals surface area contributed by atoms with Crippen LogP contribution < -0.4 is 15.5 Å². The topological polar surface area (TPSA) is 91.2 Å². The molecule has 2 N–H and O–H groups in total. The molecule has 5 aromatic rings. The standard InChI is InChI=1S/C31H31ClN8O/c1-22-11-13-25(14-12-22)35-31(41)39-17-15-38(16-18-39)30-36-28(33-19-24-9-5-6-10-26(24)32)27-29(37-30)40(21-34-27)20-23-7-3-2-4-8-23/h2-14,21H,15-20H2,1H3,(H,35,41)(H,33,36,37). The fourth-order valence-electron chi connectivity index (χ4n) is 4.86. The van der Waals surface area contributed by atoms with E-state index in [-0.39, 0.29) is 6.03 Å². The molecule has 0 spiro atoms. The van der Waals surface area contributed by atoms with E-state index in [0.717, 1.165) is 28.0 Å². The van der Waals surface area contributed by atoms with Crippen molar-refractivity contribution in [3.8, 4) is 0 Å². The number of nitrogens with zero attached hydrogens (tertiary/aromatic N) is 6. The van der Waals surface area contributed by atoms with Crippen LogP contribution in [0.4, 0.5) is 22.2 Å². The van der Waals surface area contributed by atoms with Crippen LogP contribution in [0, 0.1) is 6.92 Å². The highest BCUT2D eigenvalue weighted by Crippen LogP contribution is 2.26. The number of urea groups is 1. The van der Waals surface area contributed by atoms with Crippen molar-refractivity contribution in [2.45, 2.75) is 20.0 Å². The molecule has 6 rings (SSSR count). The maximum Gasteiger partial charge on any atom is 0.321 e. The second-order valence-electron chi connectivity index (χ2n) is 10.1. The van der Waals surface area contributed by atoms with Crippen molar-refractivity contribution >= 4 is 46.2 Å². The zero-order valence-electron chi connectivity index (χ0n) is 22.8. The highest BCUT2D eigenvalue weighted by molar-refractivity contribution is 6.31. The molecule has 3 aromatic carbocycles. The van der Waals surface area contributed by atoms with Crippen LogP contribution in [-0.4, -0.2) is 56.6 Å². The molecule has 2 aromatic heterocycles. The second-order valence-corrected chi connectivity index (χ2v) is 10.5. The number of carbonyl (C=O) groups excluding carboxylic acids is 1. The lowest BCUT2D eigenvalue weighted by Gasteiger charge is -2.34. The average Bonchev–Trinajstić information content (AvgIpc) is 3.41.